The highest BCUT2D eigenvalue weighted by Crippen LogP contribution is 2.44. The lowest BCUT2D eigenvalue weighted by Crippen LogP contribution is -2.33. The molecule has 1 aliphatic heterocycles. The summed E-state index contributed by atoms with van der Waals surface area (Å²) in [5, 5.41) is 4.17. The van der Waals surface area contributed by atoms with Gasteiger partial charge in [-0.15, -0.1) is 0 Å². The van der Waals surface area contributed by atoms with Crippen LogP contribution in [0.2, 0.25) is 5.02 Å². The molecule has 0 bridgehead atoms. The second-order valence-corrected chi connectivity index (χ2v) is 7.17. The van der Waals surface area contributed by atoms with Gasteiger partial charge in [-0.2, -0.15) is 0 Å². The molecule has 0 amide bonds. The first-order valence-corrected chi connectivity index (χ1v) is 10.1. The number of nitrogens with zero attached hydrogens (tertiary/aromatic N) is 1. The van der Waals surface area contributed by atoms with Crippen molar-refractivity contribution in [1.29, 1.82) is 0 Å². The molecule has 6 heteroatoms. The van der Waals surface area contributed by atoms with Gasteiger partial charge in [-0.05, 0) is 50.2 Å². The summed E-state index contributed by atoms with van der Waals surface area (Å²) in [5.41, 5.74) is 2.02. The quantitative estimate of drug-likeness (QED) is 0.751. The second kappa shape index (κ2) is 10.0. The average Bonchev–Trinajstić information content (AvgIpc) is 2.99. The van der Waals surface area contributed by atoms with Crippen molar-refractivity contribution >= 4 is 11.6 Å². The molecule has 0 spiro atoms. The van der Waals surface area contributed by atoms with E-state index >= 15 is 0 Å². The van der Waals surface area contributed by atoms with Crippen molar-refractivity contribution in [3.8, 4) is 17.2 Å². The summed E-state index contributed by atoms with van der Waals surface area (Å²) < 4.78 is 17.5. The number of nitrogens with one attached hydrogen (secondary N) is 1. The molecule has 1 fully saturated rings. The zero-order valence-corrected chi connectivity index (χ0v) is 17.6. The Kier molecular flexibility index (Phi) is 7.43. The van der Waals surface area contributed by atoms with Crippen LogP contribution in [0.25, 0.3) is 0 Å². The number of rotatable bonds is 7. The highest BCUT2D eigenvalue weighted by molar-refractivity contribution is 6.30. The van der Waals surface area contributed by atoms with E-state index in [1.165, 1.54) is 0 Å². The third-order valence-corrected chi connectivity index (χ3v) is 5.28. The van der Waals surface area contributed by atoms with E-state index in [-0.39, 0.29) is 6.04 Å². The van der Waals surface area contributed by atoms with Crippen molar-refractivity contribution in [1.82, 2.24) is 10.2 Å². The van der Waals surface area contributed by atoms with Crippen LogP contribution in [0, 0.1) is 0 Å². The van der Waals surface area contributed by atoms with Crippen LogP contribution in [0.5, 0.6) is 17.2 Å². The van der Waals surface area contributed by atoms with Crippen molar-refractivity contribution in [3.05, 3.63) is 52.5 Å². The van der Waals surface area contributed by atoms with Gasteiger partial charge in [0.1, 0.15) is 17.2 Å². The van der Waals surface area contributed by atoms with Crippen LogP contribution < -0.4 is 19.5 Å². The van der Waals surface area contributed by atoms with Crippen molar-refractivity contribution < 1.29 is 14.2 Å². The molecule has 0 aliphatic carbocycles. The van der Waals surface area contributed by atoms with Crippen LogP contribution in [0.4, 0.5) is 0 Å². The van der Waals surface area contributed by atoms with Crippen LogP contribution in [0.15, 0.2) is 36.4 Å². The molecule has 0 saturated carbocycles. The fourth-order valence-corrected chi connectivity index (χ4v) is 4.01. The Morgan fingerprint density at radius 1 is 1.04 bits per heavy atom. The molecule has 0 aromatic heterocycles. The molecule has 152 valence electrons. The molecule has 1 atom stereocenters. The fraction of sp³-hybridized carbons (Fsp3) is 0.455. The maximum Gasteiger partial charge on any atom is 0.127 e. The summed E-state index contributed by atoms with van der Waals surface area (Å²) in [6, 6.07) is 11.6. The third-order valence-electron chi connectivity index (χ3n) is 5.05. The van der Waals surface area contributed by atoms with Gasteiger partial charge in [-0.25, -0.2) is 0 Å². The van der Waals surface area contributed by atoms with Gasteiger partial charge in [0.2, 0.25) is 0 Å². The van der Waals surface area contributed by atoms with E-state index in [1.54, 1.807) is 14.2 Å². The molecule has 28 heavy (non-hydrogen) atoms. The SMILES string of the molecule is CCOc1ccc(Cl)cc1C(c1c(OC)cccc1OC)N1CCCNCC1. The zero-order valence-electron chi connectivity index (χ0n) is 16.8. The number of hydrogen-bond donors (Lipinski definition) is 1. The van der Waals surface area contributed by atoms with Crippen molar-refractivity contribution in [3.63, 3.8) is 0 Å². The topological polar surface area (TPSA) is 43.0 Å². The summed E-state index contributed by atoms with van der Waals surface area (Å²) in [6.07, 6.45) is 1.07. The van der Waals surface area contributed by atoms with Gasteiger partial charge in [0, 0.05) is 30.2 Å². The second-order valence-electron chi connectivity index (χ2n) is 6.73. The Labute approximate surface area is 172 Å². The number of halogens is 1. The van der Waals surface area contributed by atoms with Crippen molar-refractivity contribution in [2.24, 2.45) is 0 Å². The minimum Gasteiger partial charge on any atom is -0.496 e. The van der Waals surface area contributed by atoms with E-state index in [1.807, 2.05) is 43.3 Å². The minimum absolute atomic E-state index is 0.0914. The maximum absolute atomic E-state index is 6.42. The maximum atomic E-state index is 6.42. The van der Waals surface area contributed by atoms with Crippen LogP contribution in [-0.4, -0.2) is 51.9 Å². The summed E-state index contributed by atoms with van der Waals surface area (Å²) in [5.74, 6) is 2.43. The number of ether oxygens (including phenoxy) is 3. The molecular weight excluding hydrogens is 376 g/mol. The molecule has 1 heterocycles. The highest BCUT2D eigenvalue weighted by atomic mass is 35.5. The van der Waals surface area contributed by atoms with E-state index in [9.17, 15) is 0 Å². The van der Waals surface area contributed by atoms with Crippen LogP contribution in [-0.2, 0) is 0 Å². The van der Waals surface area contributed by atoms with E-state index < -0.39 is 0 Å². The van der Waals surface area contributed by atoms with Crippen LogP contribution in [0.1, 0.15) is 30.5 Å². The minimum atomic E-state index is -0.0914. The van der Waals surface area contributed by atoms with E-state index in [4.69, 9.17) is 25.8 Å². The van der Waals surface area contributed by atoms with E-state index in [2.05, 4.69) is 10.2 Å². The number of methoxy groups -OCH3 is 2. The first kappa shape index (κ1) is 20.8. The summed E-state index contributed by atoms with van der Waals surface area (Å²) >= 11 is 6.42. The molecule has 1 saturated heterocycles. The van der Waals surface area contributed by atoms with Gasteiger partial charge in [0.15, 0.2) is 0 Å². The lowest BCUT2D eigenvalue weighted by molar-refractivity contribution is 0.224. The lowest BCUT2D eigenvalue weighted by Gasteiger charge is -2.34. The predicted molar refractivity (Wildman–Crippen MR) is 113 cm³/mol. The summed E-state index contributed by atoms with van der Waals surface area (Å²) in [4.78, 5) is 2.45. The smallest absolute Gasteiger partial charge is 0.127 e. The molecule has 1 aliphatic rings. The lowest BCUT2D eigenvalue weighted by atomic mass is 9.94. The highest BCUT2D eigenvalue weighted by Gasteiger charge is 2.31. The molecule has 3 rings (SSSR count). The van der Waals surface area contributed by atoms with Gasteiger partial charge >= 0.3 is 0 Å². The standard InChI is InChI=1S/C22H29ClN2O3/c1-4-28-18-10-9-16(23)15-17(18)22(25-13-6-11-24-12-14-25)21-19(26-2)7-5-8-20(21)27-3/h5,7-10,15,22,24H,4,6,11-14H2,1-3H3. The Morgan fingerprint density at radius 3 is 2.46 bits per heavy atom. The van der Waals surface area contributed by atoms with Crippen molar-refractivity contribution in [2.75, 3.05) is 47.0 Å². The fourth-order valence-electron chi connectivity index (χ4n) is 3.83. The first-order valence-electron chi connectivity index (χ1n) is 9.77. The summed E-state index contributed by atoms with van der Waals surface area (Å²) in [7, 11) is 3.39. The Morgan fingerprint density at radius 2 is 1.79 bits per heavy atom. The molecular formula is C22H29ClN2O3. The Bertz CT molecular complexity index is 754. The molecule has 2 aromatic carbocycles. The predicted octanol–water partition coefficient (Wildman–Crippen LogP) is 4.14. The Hall–Kier alpha value is -1.95. The average molecular weight is 405 g/mol. The van der Waals surface area contributed by atoms with E-state index in [0.29, 0.717) is 11.6 Å². The molecule has 1 N–H and O–H groups in total. The van der Waals surface area contributed by atoms with Gasteiger partial charge in [0.05, 0.1) is 32.4 Å². The van der Waals surface area contributed by atoms with Crippen molar-refractivity contribution in [2.45, 2.75) is 19.4 Å². The normalized spacial score (nSPS) is 16.3. The van der Waals surface area contributed by atoms with Gasteiger partial charge < -0.3 is 19.5 Å². The van der Waals surface area contributed by atoms with E-state index in [0.717, 1.165) is 61.0 Å². The monoisotopic (exact) mass is 404 g/mol. The zero-order chi connectivity index (χ0) is 19.9. The van der Waals surface area contributed by atoms with Crippen LogP contribution >= 0.6 is 11.6 Å². The van der Waals surface area contributed by atoms with Gasteiger partial charge in [0.25, 0.3) is 0 Å². The molecule has 0 radical (unpaired) electrons. The molecule has 2 aromatic rings. The largest absolute Gasteiger partial charge is 0.496 e. The molecule has 1 unspecified atom stereocenters. The number of hydrogen-bond acceptors (Lipinski definition) is 5. The molecule has 5 nitrogen and oxygen atoms in total. The number of benzene rings is 2. The first-order chi connectivity index (χ1) is 13.7. The Balaban J connectivity index is 2.21. The summed E-state index contributed by atoms with van der Waals surface area (Å²) in [6.45, 7) is 6.39. The van der Waals surface area contributed by atoms with Gasteiger partial charge in [-0.3, -0.25) is 4.90 Å². The van der Waals surface area contributed by atoms with Crippen LogP contribution in [0.3, 0.4) is 0 Å². The third kappa shape index (κ3) is 4.54. The van der Waals surface area contributed by atoms with Gasteiger partial charge in [-0.1, -0.05) is 17.7 Å².